The maximum absolute atomic E-state index is 12.4. The Morgan fingerprint density at radius 1 is 1.48 bits per heavy atom. The molecule has 126 valence electrons. The van der Waals surface area contributed by atoms with E-state index in [4.69, 9.17) is 4.74 Å². The summed E-state index contributed by atoms with van der Waals surface area (Å²) < 4.78 is 10.00. The van der Waals surface area contributed by atoms with E-state index in [9.17, 15) is 14.7 Å². The van der Waals surface area contributed by atoms with Crippen molar-refractivity contribution < 1.29 is 24.0 Å². The first-order chi connectivity index (χ1) is 10.7. The first-order valence-electron chi connectivity index (χ1n) is 7.19. The smallest absolute Gasteiger partial charge is 0.411 e. The zero-order chi connectivity index (χ0) is 17.3. The van der Waals surface area contributed by atoms with Gasteiger partial charge in [0.05, 0.1) is 16.0 Å². The summed E-state index contributed by atoms with van der Waals surface area (Å²) in [7, 11) is 1.86. The molecule has 0 aliphatic carbocycles. The van der Waals surface area contributed by atoms with Crippen molar-refractivity contribution in [3.8, 4) is 0 Å². The fourth-order valence-corrected chi connectivity index (χ4v) is 2.69. The molecule has 1 unspecified atom stereocenters. The van der Waals surface area contributed by atoms with E-state index in [-0.39, 0.29) is 13.0 Å². The van der Waals surface area contributed by atoms with Gasteiger partial charge in [-0.15, -0.1) is 0 Å². The Bertz CT molecular complexity index is 589. The number of hydrogen-bond acceptors (Lipinski definition) is 6. The average Bonchev–Trinajstić information content (AvgIpc) is 2.85. The third-order valence-electron chi connectivity index (χ3n) is 3.55. The fourth-order valence-electron chi connectivity index (χ4n) is 2.54. The molecule has 1 aliphatic heterocycles. The van der Waals surface area contributed by atoms with Crippen molar-refractivity contribution in [2.24, 2.45) is 0 Å². The van der Waals surface area contributed by atoms with E-state index in [0.29, 0.717) is 5.56 Å². The summed E-state index contributed by atoms with van der Waals surface area (Å²) in [5.74, 6) is -0.624. The normalized spacial score (nSPS) is 24.4. The number of carbonyl (C=O) groups is 2. The van der Waals surface area contributed by atoms with Crippen molar-refractivity contribution in [3.05, 3.63) is 30.1 Å². The molecule has 1 N–H and O–H groups in total. The zero-order valence-electron chi connectivity index (χ0n) is 13.4. The lowest BCUT2D eigenvalue weighted by molar-refractivity contribution is -0.138. The average molecular weight is 340 g/mol. The van der Waals surface area contributed by atoms with Gasteiger partial charge in [-0.2, -0.15) is 0 Å². The zero-order valence-corrected chi connectivity index (χ0v) is 14.5. The predicted molar refractivity (Wildman–Crippen MR) is 85.3 cm³/mol. The molecule has 1 saturated heterocycles. The number of aliphatic hydroxyl groups is 1. The lowest BCUT2D eigenvalue weighted by atomic mass is 9.92. The molecule has 1 amide bonds. The van der Waals surface area contributed by atoms with Crippen LogP contribution in [0.3, 0.4) is 0 Å². The third kappa shape index (κ3) is 3.98. The molecule has 1 aliphatic rings. The minimum Gasteiger partial charge on any atom is -0.450 e. The number of β-amino-alcohol motifs (C(OH)–C–C–N with tert-alkyl or cyclic N) is 1. The molecule has 1 fully saturated rings. The number of aromatic nitrogens is 1. The van der Waals surface area contributed by atoms with E-state index < -0.39 is 29.3 Å². The monoisotopic (exact) mass is 340 g/mol. The molecule has 3 atom stereocenters. The summed E-state index contributed by atoms with van der Waals surface area (Å²) in [4.78, 5) is 29.5. The van der Waals surface area contributed by atoms with Gasteiger partial charge in [-0.3, -0.25) is 9.88 Å². The standard InChI is InChI=1S/C15H21N2O5P/c1-14(2,3)21-13(19)17-9-15(20,7-11(17)12(18)22-23)10-5-4-6-16-8-10/h4-6,8,11,20H,7,9,23H2,1-3H3/t11-,15-/m0/s1. The molecule has 0 radical (unpaired) electrons. The SMILES string of the molecule is CC(C)(C)OC(=O)N1C[C@](O)(c2cccnc2)C[C@H]1C(=O)OP. The van der Waals surface area contributed by atoms with Crippen LogP contribution in [0, 0.1) is 0 Å². The van der Waals surface area contributed by atoms with Crippen molar-refractivity contribution in [3.63, 3.8) is 0 Å². The number of nitrogens with zero attached hydrogens (tertiary/aromatic N) is 2. The number of pyridine rings is 1. The van der Waals surface area contributed by atoms with Crippen LogP contribution in [0.5, 0.6) is 0 Å². The molecule has 0 aromatic carbocycles. The molecule has 0 bridgehead atoms. The number of hydrogen-bond donors (Lipinski definition) is 1. The maximum atomic E-state index is 12.4. The minimum absolute atomic E-state index is 0.0190. The number of amides is 1. The molecule has 1 aromatic rings. The Balaban J connectivity index is 2.29. The van der Waals surface area contributed by atoms with Gasteiger partial charge in [0.2, 0.25) is 0 Å². The molecule has 0 spiro atoms. The Kier molecular flexibility index (Phi) is 4.92. The predicted octanol–water partition coefficient (Wildman–Crippen LogP) is 1.61. The molecule has 0 saturated carbocycles. The Morgan fingerprint density at radius 3 is 2.70 bits per heavy atom. The second-order valence-electron chi connectivity index (χ2n) is 6.54. The van der Waals surface area contributed by atoms with Gasteiger partial charge in [-0.05, 0) is 26.8 Å². The van der Waals surface area contributed by atoms with Crippen LogP contribution < -0.4 is 0 Å². The van der Waals surface area contributed by atoms with Gasteiger partial charge < -0.3 is 14.4 Å². The summed E-state index contributed by atoms with van der Waals surface area (Å²) >= 11 is 0. The van der Waals surface area contributed by atoms with Crippen LogP contribution in [-0.4, -0.2) is 45.2 Å². The maximum Gasteiger partial charge on any atom is 0.411 e. The quantitative estimate of drug-likeness (QED) is 0.823. The molecule has 7 nitrogen and oxygen atoms in total. The van der Waals surface area contributed by atoms with Gasteiger partial charge >= 0.3 is 12.1 Å². The van der Waals surface area contributed by atoms with Gasteiger partial charge in [0.25, 0.3) is 0 Å². The Morgan fingerprint density at radius 2 is 2.17 bits per heavy atom. The molecule has 2 rings (SSSR count). The van der Waals surface area contributed by atoms with E-state index in [0.717, 1.165) is 0 Å². The highest BCUT2D eigenvalue weighted by Gasteiger charge is 2.50. The van der Waals surface area contributed by atoms with E-state index >= 15 is 0 Å². The highest BCUT2D eigenvalue weighted by atomic mass is 31.0. The highest BCUT2D eigenvalue weighted by Crippen LogP contribution is 2.37. The second-order valence-corrected chi connectivity index (χ2v) is 6.77. The van der Waals surface area contributed by atoms with Crippen LogP contribution in [0.1, 0.15) is 32.8 Å². The Hall–Kier alpha value is -1.72. The van der Waals surface area contributed by atoms with Crippen LogP contribution in [0.15, 0.2) is 24.5 Å². The summed E-state index contributed by atoms with van der Waals surface area (Å²) in [5, 5.41) is 10.9. The molecular formula is C15H21N2O5P. The molecular weight excluding hydrogens is 319 g/mol. The topological polar surface area (TPSA) is 89.0 Å². The van der Waals surface area contributed by atoms with Gasteiger partial charge in [0.15, 0.2) is 0 Å². The van der Waals surface area contributed by atoms with Crippen LogP contribution >= 0.6 is 9.47 Å². The number of carbonyl (C=O) groups excluding carboxylic acids is 2. The van der Waals surface area contributed by atoms with Crippen molar-refractivity contribution in [1.29, 1.82) is 0 Å². The molecule has 23 heavy (non-hydrogen) atoms. The van der Waals surface area contributed by atoms with Crippen molar-refractivity contribution in [2.75, 3.05) is 6.54 Å². The minimum atomic E-state index is -1.38. The van der Waals surface area contributed by atoms with Gasteiger partial charge in [0, 0.05) is 24.4 Å². The van der Waals surface area contributed by atoms with Crippen molar-refractivity contribution in [1.82, 2.24) is 9.88 Å². The van der Waals surface area contributed by atoms with Crippen LogP contribution in [0.25, 0.3) is 0 Å². The number of likely N-dealkylation sites (tertiary alicyclic amines) is 1. The van der Waals surface area contributed by atoms with Gasteiger partial charge in [0.1, 0.15) is 17.2 Å². The number of ether oxygens (including phenoxy) is 1. The van der Waals surface area contributed by atoms with Crippen LogP contribution in [0.2, 0.25) is 0 Å². The summed E-state index contributed by atoms with van der Waals surface area (Å²) in [5.41, 5.74) is -1.55. The van der Waals surface area contributed by atoms with E-state index in [1.165, 1.54) is 11.1 Å². The highest BCUT2D eigenvalue weighted by molar-refractivity contribution is 7.10. The van der Waals surface area contributed by atoms with E-state index in [1.54, 1.807) is 39.1 Å². The second kappa shape index (κ2) is 6.42. The third-order valence-corrected chi connectivity index (χ3v) is 3.79. The van der Waals surface area contributed by atoms with Crippen LogP contribution in [0.4, 0.5) is 4.79 Å². The first kappa shape index (κ1) is 17.6. The van der Waals surface area contributed by atoms with Crippen LogP contribution in [-0.2, 0) is 19.7 Å². The van der Waals surface area contributed by atoms with Gasteiger partial charge in [-0.1, -0.05) is 6.07 Å². The van der Waals surface area contributed by atoms with E-state index in [2.05, 4.69) is 9.51 Å². The molecule has 1 aromatic heterocycles. The van der Waals surface area contributed by atoms with Gasteiger partial charge in [-0.25, -0.2) is 9.59 Å². The summed E-state index contributed by atoms with van der Waals surface area (Å²) in [6.07, 6.45) is 2.45. The Labute approximate surface area is 137 Å². The molecule has 2 heterocycles. The van der Waals surface area contributed by atoms with Crippen molar-refractivity contribution >= 4 is 21.5 Å². The number of rotatable bonds is 2. The van der Waals surface area contributed by atoms with E-state index in [1.807, 2.05) is 9.47 Å². The van der Waals surface area contributed by atoms with Crippen molar-refractivity contribution in [2.45, 2.75) is 44.4 Å². The fraction of sp³-hybridized carbons (Fsp3) is 0.533. The lowest BCUT2D eigenvalue weighted by Crippen LogP contribution is -2.44. The largest absolute Gasteiger partial charge is 0.450 e. The lowest BCUT2D eigenvalue weighted by Gasteiger charge is -2.27. The summed E-state index contributed by atoms with van der Waals surface area (Å²) in [6.45, 7) is 5.13. The summed E-state index contributed by atoms with van der Waals surface area (Å²) in [6, 6.07) is 2.47. The first-order valence-corrected chi connectivity index (χ1v) is 7.66. The molecule has 8 heteroatoms.